The molecule has 0 spiro atoms. The molecule has 1 aromatic rings. The van der Waals surface area contributed by atoms with E-state index >= 15 is 0 Å². The summed E-state index contributed by atoms with van der Waals surface area (Å²) in [5, 5.41) is 0.836. The van der Waals surface area contributed by atoms with Crippen molar-refractivity contribution in [1.29, 1.82) is 0 Å². The molecule has 6 heteroatoms. The summed E-state index contributed by atoms with van der Waals surface area (Å²) in [6.45, 7) is 0. The maximum atomic E-state index is 12.3. The highest BCUT2D eigenvalue weighted by Crippen LogP contribution is 2.33. The molecular formula is C7H8F3N3. The average molecular weight is 191 g/mol. The molecule has 1 aromatic heterocycles. The average Bonchev–Trinajstić information content (AvgIpc) is 2.03. The predicted octanol–water partition coefficient (Wildman–Crippen LogP) is 1.41. The number of halogens is 3. The lowest BCUT2D eigenvalue weighted by Gasteiger charge is -2.16. The minimum atomic E-state index is -4.42. The lowest BCUT2D eigenvalue weighted by Crippen LogP contribution is -2.28. The fraction of sp³-hybridized carbons (Fsp3) is 0.286. The van der Waals surface area contributed by atoms with Gasteiger partial charge < -0.3 is 0 Å². The highest BCUT2D eigenvalue weighted by molar-refractivity contribution is 5.46. The SMILES string of the molecule is CN(N)c1ncccc1C(F)(F)F. The third-order valence-electron chi connectivity index (χ3n) is 1.43. The molecule has 0 aromatic carbocycles. The van der Waals surface area contributed by atoms with E-state index in [9.17, 15) is 13.2 Å². The summed E-state index contributed by atoms with van der Waals surface area (Å²) in [7, 11) is 1.30. The van der Waals surface area contributed by atoms with Crippen LogP contribution in [0, 0.1) is 0 Å². The van der Waals surface area contributed by atoms with Gasteiger partial charge in [0.1, 0.15) is 0 Å². The molecule has 0 amide bonds. The second-order valence-corrected chi connectivity index (χ2v) is 2.48. The first-order chi connectivity index (χ1) is 5.93. The molecule has 0 aliphatic rings. The van der Waals surface area contributed by atoms with Gasteiger partial charge in [0.25, 0.3) is 0 Å². The molecule has 0 aliphatic carbocycles. The van der Waals surface area contributed by atoms with Gasteiger partial charge in [-0.05, 0) is 12.1 Å². The molecule has 0 saturated carbocycles. The van der Waals surface area contributed by atoms with Crippen molar-refractivity contribution in [2.75, 3.05) is 12.1 Å². The normalized spacial score (nSPS) is 11.5. The number of nitrogens with two attached hydrogens (primary N) is 1. The zero-order valence-electron chi connectivity index (χ0n) is 6.84. The molecule has 13 heavy (non-hydrogen) atoms. The van der Waals surface area contributed by atoms with Crippen LogP contribution >= 0.6 is 0 Å². The van der Waals surface area contributed by atoms with Crippen LogP contribution in [-0.4, -0.2) is 12.0 Å². The van der Waals surface area contributed by atoms with E-state index in [0.29, 0.717) is 0 Å². The van der Waals surface area contributed by atoms with Crippen LogP contribution in [0.4, 0.5) is 19.0 Å². The summed E-state index contributed by atoms with van der Waals surface area (Å²) in [6.07, 6.45) is -3.16. The minimum Gasteiger partial charge on any atom is -0.297 e. The number of hydrogen-bond donors (Lipinski definition) is 1. The third-order valence-corrected chi connectivity index (χ3v) is 1.43. The first-order valence-electron chi connectivity index (χ1n) is 3.43. The Morgan fingerprint density at radius 2 is 2.08 bits per heavy atom. The van der Waals surface area contributed by atoms with E-state index in [1.54, 1.807) is 0 Å². The van der Waals surface area contributed by atoms with Gasteiger partial charge in [0, 0.05) is 13.2 Å². The molecule has 2 N–H and O–H groups in total. The number of hydrazine groups is 1. The Morgan fingerprint density at radius 3 is 2.46 bits per heavy atom. The van der Waals surface area contributed by atoms with Gasteiger partial charge in [-0.15, -0.1) is 0 Å². The summed E-state index contributed by atoms with van der Waals surface area (Å²) in [6, 6.07) is 2.15. The number of hydrogen-bond acceptors (Lipinski definition) is 3. The first kappa shape index (κ1) is 9.79. The second-order valence-electron chi connectivity index (χ2n) is 2.48. The van der Waals surface area contributed by atoms with Crippen LogP contribution in [0.15, 0.2) is 18.3 Å². The maximum absolute atomic E-state index is 12.3. The van der Waals surface area contributed by atoms with Crippen LogP contribution in [0.3, 0.4) is 0 Å². The van der Waals surface area contributed by atoms with Crippen molar-refractivity contribution in [2.45, 2.75) is 6.18 Å². The van der Waals surface area contributed by atoms with Gasteiger partial charge in [-0.2, -0.15) is 13.2 Å². The highest BCUT2D eigenvalue weighted by atomic mass is 19.4. The van der Waals surface area contributed by atoms with Gasteiger partial charge in [0.2, 0.25) is 0 Å². The van der Waals surface area contributed by atoms with Gasteiger partial charge in [0.15, 0.2) is 5.82 Å². The highest BCUT2D eigenvalue weighted by Gasteiger charge is 2.34. The zero-order chi connectivity index (χ0) is 10.1. The molecule has 0 saturated heterocycles. The van der Waals surface area contributed by atoms with Gasteiger partial charge in [-0.3, -0.25) is 5.01 Å². The Morgan fingerprint density at radius 1 is 1.46 bits per heavy atom. The maximum Gasteiger partial charge on any atom is 0.420 e. The van der Waals surface area contributed by atoms with Gasteiger partial charge in [-0.1, -0.05) is 0 Å². The van der Waals surface area contributed by atoms with E-state index in [4.69, 9.17) is 5.84 Å². The van der Waals surface area contributed by atoms with E-state index in [0.717, 1.165) is 11.1 Å². The number of nitrogens with zero attached hydrogens (tertiary/aromatic N) is 2. The van der Waals surface area contributed by atoms with Crippen molar-refractivity contribution < 1.29 is 13.2 Å². The van der Waals surface area contributed by atoms with E-state index < -0.39 is 11.7 Å². The molecule has 0 radical (unpaired) electrons. The Hall–Kier alpha value is -1.30. The summed E-state index contributed by atoms with van der Waals surface area (Å²) in [4.78, 5) is 3.53. The summed E-state index contributed by atoms with van der Waals surface area (Å²) in [5.41, 5.74) is -0.833. The standard InChI is InChI=1S/C7H8F3N3/c1-13(11)6-5(7(8,9)10)3-2-4-12-6/h2-4H,11H2,1H3. The number of anilines is 1. The summed E-state index contributed by atoms with van der Waals surface area (Å²) < 4.78 is 36.9. The number of rotatable bonds is 1. The van der Waals surface area contributed by atoms with Crippen LogP contribution in [0.2, 0.25) is 0 Å². The largest absolute Gasteiger partial charge is 0.420 e. The van der Waals surface area contributed by atoms with Crippen LogP contribution in [0.5, 0.6) is 0 Å². The van der Waals surface area contributed by atoms with Crippen molar-refractivity contribution >= 4 is 5.82 Å². The predicted molar refractivity (Wildman–Crippen MR) is 41.8 cm³/mol. The fourth-order valence-corrected chi connectivity index (χ4v) is 0.899. The minimum absolute atomic E-state index is 0.282. The molecule has 1 heterocycles. The molecule has 0 unspecified atom stereocenters. The molecule has 0 fully saturated rings. The van der Waals surface area contributed by atoms with Gasteiger partial charge in [-0.25, -0.2) is 10.8 Å². The fourth-order valence-electron chi connectivity index (χ4n) is 0.899. The van der Waals surface area contributed by atoms with E-state index in [1.165, 1.54) is 19.3 Å². The van der Waals surface area contributed by atoms with Crippen molar-refractivity contribution in [3.05, 3.63) is 23.9 Å². The quantitative estimate of drug-likeness (QED) is 0.539. The lowest BCUT2D eigenvalue weighted by molar-refractivity contribution is -0.137. The van der Waals surface area contributed by atoms with Crippen LogP contribution < -0.4 is 10.9 Å². The van der Waals surface area contributed by atoms with Gasteiger partial charge in [0.05, 0.1) is 5.56 Å². The van der Waals surface area contributed by atoms with Crippen molar-refractivity contribution in [2.24, 2.45) is 5.84 Å². The molecule has 72 valence electrons. The third kappa shape index (κ3) is 2.09. The Balaban J connectivity index is 3.20. The van der Waals surface area contributed by atoms with Crippen LogP contribution in [0.25, 0.3) is 0 Å². The second kappa shape index (κ2) is 3.21. The molecule has 1 rings (SSSR count). The topological polar surface area (TPSA) is 42.1 Å². The Bertz CT molecular complexity index is 295. The van der Waals surface area contributed by atoms with E-state index in [-0.39, 0.29) is 5.82 Å². The van der Waals surface area contributed by atoms with Crippen molar-refractivity contribution in [3.63, 3.8) is 0 Å². The molecule has 0 aliphatic heterocycles. The molecule has 0 atom stereocenters. The monoisotopic (exact) mass is 191 g/mol. The molecular weight excluding hydrogens is 183 g/mol. The molecule has 3 nitrogen and oxygen atoms in total. The van der Waals surface area contributed by atoms with Crippen molar-refractivity contribution in [3.8, 4) is 0 Å². The zero-order valence-corrected chi connectivity index (χ0v) is 6.84. The molecule has 0 bridgehead atoms. The van der Waals surface area contributed by atoms with Crippen LogP contribution in [0.1, 0.15) is 5.56 Å². The number of pyridine rings is 1. The smallest absolute Gasteiger partial charge is 0.297 e. The lowest BCUT2D eigenvalue weighted by atomic mass is 10.2. The van der Waals surface area contributed by atoms with E-state index in [2.05, 4.69) is 4.98 Å². The van der Waals surface area contributed by atoms with Gasteiger partial charge >= 0.3 is 6.18 Å². The van der Waals surface area contributed by atoms with E-state index in [1.807, 2.05) is 0 Å². The number of aromatic nitrogens is 1. The Kier molecular flexibility index (Phi) is 2.42. The number of alkyl halides is 3. The summed E-state index contributed by atoms with van der Waals surface area (Å²) in [5.74, 6) is 4.90. The van der Waals surface area contributed by atoms with Crippen LogP contribution in [-0.2, 0) is 6.18 Å². The first-order valence-corrected chi connectivity index (χ1v) is 3.43. The van der Waals surface area contributed by atoms with Crippen molar-refractivity contribution in [1.82, 2.24) is 4.98 Å². The summed E-state index contributed by atoms with van der Waals surface area (Å²) >= 11 is 0. The Labute approximate surface area is 72.9 Å².